The number of esters is 1. The second kappa shape index (κ2) is 14.6. The van der Waals surface area contributed by atoms with Crippen molar-refractivity contribution in [3.05, 3.63) is 114 Å². The highest BCUT2D eigenvalue weighted by molar-refractivity contribution is 5.89. The fourth-order valence-corrected chi connectivity index (χ4v) is 4.19. The number of rotatable bonds is 13. The van der Waals surface area contributed by atoms with Gasteiger partial charge in [0.05, 0.1) is 39.1 Å². The van der Waals surface area contributed by atoms with Crippen LogP contribution < -0.4 is 4.74 Å². The van der Waals surface area contributed by atoms with Crippen molar-refractivity contribution in [2.45, 2.75) is 43.9 Å². The van der Waals surface area contributed by atoms with Crippen molar-refractivity contribution in [3.8, 4) is 5.75 Å². The van der Waals surface area contributed by atoms with E-state index in [1.165, 1.54) is 0 Å². The lowest BCUT2D eigenvalue weighted by atomic mass is 9.98. The summed E-state index contributed by atoms with van der Waals surface area (Å²) in [6.45, 7) is 4.40. The summed E-state index contributed by atoms with van der Waals surface area (Å²) >= 11 is 0. The summed E-state index contributed by atoms with van der Waals surface area (Å²) in [5, 5.41) is 11.4. The van der Waals surface area contributed by atoms with Crippen molar-refractivity contribution in [1.82, 2.24) is 0 Å². The molecule has 5 atom stereocenters. The predicted molar refractivity (Wildman–Crippen MR) is 144 cm³/mol. The van der Waals surface area contributed by atoms with Gasteiger partial charge in [0, 0.05) is 0 Å². The molecule has 206 valence electrons. The van der Waals surface area contributed by atoms with Gasteiger partial charge in [-0.1, -0.05) is 66.7 Å². The summed E-state index contributed by atoms with van der Waals surface area (Å²) in [5.74, 6) is 0.174. The van der Waals surface area contributed by atoms with Crippen LogP contribution >= 0.6 is 0 Å². The average Bonchev–Trinajstić information content (AvgIpc) is 2.98. The number of carbonyl (C=O) groups is 1. The lowest BCUT2D eigenvalue weighted by Gasteiger charge is -2.43. The Balaban J connectivity index is 1.50. The molecule has 0 amide bonds. The molecular formula is C31H34O8. The normalized spacial score (nSPS) is 22.7. The Morgan fingerprint density at radius 2 is 1.56 bits per heavy atom. The molecule has 0 saturated carbocycles. The topological polar surface area (TPSA) is 92.7 Å². The molecule has 1 heterocycles. The quantitative estimate of drug-likeness (QED) is 0.256. The highest BCUT2D eigenvalue weighted by Crippen LogP contribution is 2.29. The zero-order chi connectivity index (χ0) is 27.5. The highest BCUT2D eigenvalue weighted by Gasteiger charge is 2.49. The van der Waals surface area contributed by atoms with Gasteiger partial charge >= 0.3 is 5.97 Å². The molecule has 39 heavy (non-hydrogen) atoms. The van der Waals surface area contributed by atoms with Gasteiger partial charge in [-0.3, -0.25) is 0 Å². The Morgan fingerprint density at radius 1 is 0.897 bits per heavy atom. The lowest BCUT2D eigenvalue weighted by Crippen LogP contribution is -2.61. The summed E-state index contributed by atoms with van der Waals surface area (Å²) < 4.78 is 35.0. The Hall–Kier alpha value is -3.53. The summed E-state index contributed by atoms with van der Waals surface area (Å²) in [6, 6.07) is 25.6. The molecule has 0 radical (unpaired) electrons. The molecular weight excluding hydrogens is 500 g/mol. The molecule has 3 aromatic rings. The highest BCUT2D eigenvalue weighted by atomic mass is 16.7. The van der Waals surface area contributed by atoms with E-state index in [1.807, 2.05) is 60.7 Å². The van der Waals surface area contributed by atoms with Crippen LogP contribution in [0.1, 0.15) is 21.5 Å². The maximum atomic E-state index is 13.0. The first-order chi connectivity index (χ1) is 19.1. The fourth-order valence-electron chi connectivity index (χ4n) is 4.19. The van der Waals surface area contributed by atoms with E-state index in [0.29, 0.717) is 12.2 Å². The second-order valence-corrected chi connectivity index (χ2v) is 9.02. The van der Waals surface area contributed by atoms with Gasteiger partial charge < -0.3 is 33.5 Å². The molecule has 1 saturated heterocycles. The first-order valence-electron chi connectivity index (χ1n) is 12.8. The van der Waals surface area contributed by atoms with Crippen LogP contribution in [-0.2, 0) is 36.9 Å². The van der Waals surface area contributed by atoms with Crippen LogP contribution in [0.2, 0.25) is 0 Å². The third kappa shape index (κ3) is 7.98. The molecule has 0 bridgehead atoms. The van der Waals surface area contributed by atoms with Crippen LogP contribution in [0.3, 0.4) is 0 Å². The number of hydrogen-bond acceptors (Lipinski definition) is 8. The fraction of sp³-hybridized carbons (Fsp3) is 0.323. The first-order valence-corrected chi connectivity index (χ1v) is 12.8. The number of hydrogen-bond donors (Lipinski definition) is 1. The minimum absolute atomic E-state index is 0.0612. The van der Waals surface area contributed by atoms with Crippen LogP contribution in [0.5, 0.6) is 5.75 Å². The maximum Gasteiger partial charge on any atom is 0.338 e. The molecule has 8 heteroatoms. The van der Waals surface area contributed by atoms with Crippen molar-refractivity contribution in [3.63, 3.8) is 0 Å². The standard InChI is InChI=1S/C31H34O8/c1-3-18-36-31-29(39-30(33)24-12-8-5-9-13-24)28(37-20-22-10-6-4-7-11-22)27(32)26(38-31)21-35-19-23-14-16-25(34-2)17-15-23/h3-17,26-29,31-32H,1,18-21H2,2H3/t26-,27-,28+,29+,31+/m1/s1. The zero-order valence-electron chi connectivity index (χ0n) is 21.9. The molecule has 0 aromatic heterocycles. The van der Waals surface area contributed by atoms with Crippen LogP contribution in [0.15, 0.2) is 97.6 Å². The number of benzene rings is 3. The molecule has 1 fully saturated rings. The van der Waals surface area contributed by atoms with Crippen molar-refractivity contribution < 1.29 is 38.3 Å². The summed E-state index contributed by atoms with van der Waals surface area (Å²) in [4.78, 5) is 13.0. The third-order valence-electron chi connectivity index (χ3n) is 6.24. The van der Waals surface area contributed by atoms with Crippen molar-refractivity contribution in [1.29, 1.82) is 0 Å². The van der Waals surface area contributed by atoms with E-state index in [4.69, 9.17) is 28.4 Å². The van der Waals surface area contributed by atoms with Gasteiger partial charge in [0.2, 0.25) is 0 Å². The van der Waals surface area contributed by atoms with Gasteiger partial charge in [-0.25, -0.2) is 4.79 Å². The minimum atomic E-state index is -1.17. The molecule has 1 aliphatic heterocycles. The average molecular weight is 535 g/mol. The lowest BCUT2D eigenvalue weighted by molar-refractivity contribution is -0.307. The smallest absolute Gasteiger partial charge is 0.338 e. The van der Waals surface area contributed by atoms with E-state index in [0.717, 1.165) is 16.9 Å². The monoisotopic (exact) mass is 534 g/mol. The zero-order valence-corrected chi connectivity index (χ0v) is 21.9. The summed E-state index contributed by atoms with van der Waals surface area (Å²) in [5.41, 5.74) is 2.20. The van der Waals surface area contributed by atoms with Gasteiger partial charge in [0.15, 0.2) is 12.4 Å². The van der Waals surface area contributed by atoms with Crippen molar-refractivity contribution in [2.75, 3.05) is 20.3 Å². The molecule has 0 unspecified atom stereocenters. The second-order valence-electron chi connectivity index (χ2n) is 9.02. The van der Waals surface area contributed by atoms with Crippen molar-refractivity contribution >= 4 is 5.97 Å². The number of methoxy groups -OCH3 is 1. The van der Waals surface area contributed by atoms with Crippen LogP contribution in [-0.4, -0.2) is 62.1 Å². The first kappa shape index (κ1) is 28.5. The van der Waals surface area contributed by atoms with E-state index < -0.39 is 36.7 Å². The van der Waals surface area contributed by atoms with Crippen LogP contribution in [0.4, 0.5) is 0 Å². The molecule has 0 spiro atoms. The van der Waals surface area contributed by atoms with Gasteiger partial charge in [-0.05, 0) is 35.4 Å². The largest absolute Gasteiger partial charge is 0.497 e. The predicted octanol–water partition coefficient (Wildman–Crippen LogP) is 4.31. The van der Waals surface area contributed by atoms with E-state index in [-0.39, 0.29) is 19.8 Å². The molecule has 1 N–H and O–H groups in total. The van der Waals surface area contributed by atoms with Gasteiger partial charge in [-0.15, -0.1) is 6.58 Å². The number of ether oxygens (including phenoxy) is 6. The third-order valence-corrected chi connectivity index (χ3v) is 6.24. The van der Waals surface area contributed by atoms with E-state index in [2.05, 4.69) is 6.58 Å². The molecule has 4 rings (SSSR count). The molecule has 1 aliphatic rings. The van der Waals surface area contributed by atoms with Gasteiger partial charge in [0.1, 0.15) is 24.1 Å². The summed E-state index contributed by atoms with van der Waals surface area (Å²) in [7, 11) is 1.61. The van der Waals surface area contributed by atoms with Crippen LogP contribution in [0, 0.1) is 0 Å². The number of aliphatic hydroxyl groups excluding tert-OH is 1. The van der Waals surface area contributed by atoms with Gasteiger partial charge in [0.25, 0.3) is 0 Å². The SMILES string of the molecule is C=CCO[C@H]1O[C@H](COCc2ccc(OC)cc2)[C@@H](O)[C@H](OCc2ccccc2)[C@@H]1OC(=O)c1ccccc1. The number of aliphatic hydroxyl groups is 1. The molecule has 0 aliphatic carbocycles. The molecule has 8 nitrogen and oxygen atoms in total. The summed E-state index contributed by atoms with van der Waals surface area (Å²) in [6.07, 6.45) is -3.41. The minimum Gasteiger partial charge on any atom is -0.497 e. The van der Waals surface area contributed by atoms with Crippen molar-refractivity contribution in [2.24, 2.45) is 0 Å². The maximum absolute atomic E-state index is 13.0. The van der Waals surface area contributed by atoms with Crippen LogP contribution in [0.25, 0.3) is 0 Å². The number of carbonyl (C=O) groups excluding carboxylic acids is 1. The Bertz CT molecular complexity index is 1150. The van der Waals surface area contributed by atoms with E-state index in [9.17, 15) is 9.90 Å². The molecule has 3 aromatic carbocycles. The van der Waals surface area contributed by atoms with E-state index >= 15 is 0 Å². The van der Waals surface area contributed by atoms with Gasteiger partial charge in [-0.2, -0.15) is 0 Å². The Morgan fingerprint density at radius 3 is 2.23 bits per heavy atom. The Labute approximate surface area is 228 Å². The Kier molecular flexibility index (Phi) is 10.6. The van der Waals surface area contributed by atoms with E-state index in [1.54, 1.807) is 37.5 Å².